The first-order valence-corrected chi connectivity index (χ1v) is 9.59. The molecule has 126 valence electrons. The predicted molar refractivity (Wildman–Crippen MR) is 86.7 cm³/mol. The lowest BCUT2D eigenvalue weighted by Crippen LogP contribution is -2.60. The molecule has 3 rings (SSSR count). The van der Waals surface area contributed by atoms with Gasteiger partial charge in [0.15, 0.2) is 9.84 Å². The van der Waals surface area contributed by atoms with Crippen molar-refractivity contribution in [1.82, 2.24) is 9.80 Å². The Morgan fingerprint density at radius 1 is 1.17 bits per heavy atom. The van der Waals surface area contributed by atoms with Crippen LogP contribution in [0.5, 0.6) is 0 Å². The van der Waals surface area contributed by atoms with Gasteiger partial charge in [-0.15, -0.1) is 0 Å². The number of rotatable bonds is 4. The lowest BCUT2D eigenvalue weighted by Gasteiger charge is -2.43. The molecule has 0 unspecified atom stereocenters. The fraction of sp³-hybridized carbons (Fsp3) is 0.562. The molecule has 2 aliphatic heterocycles. The van der Waals surface area contributed by atoms with Crippen LogP contribution in [-0.4, -0.2) is 74.5 Å². The molecule has 2 heterocycles. The van der Waals surface area contributed by atoms with E-state index in [0.29, 0.717) is 19.6 Å². The van der Waals surface area contributed by atoms with E-state index in [4.69, 9.17) is 4.74 Å². The number of sulfone groups is 1. The summed E-state index contributed by atoms with van der Waals surface area (Å²) in [6, 6.07) is 9.62. The zero-order chi connectivity index (χ0) is 16.4. The van der Waals surface area contributed by atoms with Crippen LogP contribution in [0.1, 0.15) is 5.56 Å². The van der Waals surface area contributed by atoms with Crippen molar-refractivity contribution < 1.29 is 17.9 Å². The molecule has 0 radical (unpaired) electrons. The maximum absolute atomic E-state index is 12.2. The Bertz CT molecular complexity index is 662. The lowest BCUT2D eigenvalue weighted by atomic mass is 10.0. The number of hydrogen-bond acceptors (Lipinski definition) is 5. The van der Waals surface area contributed by atoms with Gasteiger partial charge in [0, 0.05) is 32.8 Å². The highest BCUT2D eigenvalue weighted by Crippen LogP contribution is 2.28. The van der Waals surface area contributed by atoms with E-state index in [2.05, 4.69) is 4.90 Å². The maximum Gasteiger partial charge on any atom is 0.248 e. The number of carbonyl (C=O) groups is 1. The number of methoxy groups -OCH3 is 1. The molecule has 2 aliphatic rings. The Morgan fingerprint density at radius 2 is 1.87 bits per heavy atom. The van der Waals surface area contributed by atoms with Crippen LogP contribution in [-0.2, 0) is 25.9 Å². The van der Waals surface area contributed by atoms with Gasteiger partial charge in [0.05, 0.1) is 17.5 Å². The summed E-state index contributed by atoms with van der Waals surface area (Å²) in [5.74, 6) is 0.0543. The summed E-state index contributed by atoms with van der Waals surface area (Å²) < 4.78 is 29.2. The summed E-state index contributed by atoms with van der Waals surface area (Å²) in [6.07, 6.45) is 0. The molecule has 0 aliphatic carbocycles. The number of ether oxygens (including phenoxy) is 1. The Hall–Kier alpha value is -1.44. The first-order valence-electron chi connectivity index (χ1n) is 7.77. The smallest absolute Gasteiger partial charge is 0.248 e. The summed E-state index contributed by atoms with van der Waals surface area (Å²) in [5.41, 5.74) is 1.16. The van der Waals surface area contributed by atoms with Gasteiger partial charge in [-0.25, -0.2) is 8.42 Å². The summed E-state index contributed by atoms with van der Waals surface area (Å²) in [4.78, 5) is 16.1. The number of amides is 1. The second-order valence-electron chi connectivity index (χ2n) is 6.19. The Kier molecular flexibility index (Phi) is 4.70. The minimum absolute atomic E-state index is 0.00194. The van der Waals surface area contributed by atoms with Gasteiger partial charge in [-0.1, -0.05) is 30.3 Å². The zero-order valence-corrected chi connectivity index (χ0v) is 14.0. The fourth-order valence-corrected chi connectivity index (χ4v) is 5.57. The third-order valence-electron chi connectivity index (χ3n) is 4.61. The van der Waals surface area contributed by atoms with Gasteiger partial charge in [-0.2, -0.15) is 0 Å². The van der Waals surface area contributed by atoms with Gasteiger partial charge in [-0.3, -0.25) is 9.69 Å². The minimum atomic E-state index is -3.11. The molecule has 0 saturated carbocycles. The van der Waals surface area contributed by atoms with Crippen LogP contribution in [0.15, 0.2) is 30.3 Å². The van der Waals surface area contributed by atoms with E-state index >= 15 is 0 Å². The van der Waals surface area contributed by atoms with Crippen LogP contribution in [0, 0.1) is 0 Å². The van der Waals surface area contributed by atoms with Crippen molar-refractivity contribution in [2.45, 2.75) is 18.6 Å². The molecular formula is C16H22N2O4S. The summed E-state index contributed by atoms with van der Waals surface area (Å²) >= 11 is 0. The van der Waals surface area contributed by atoms with Crippen LogP contribution in [0.25, 0.3) is 0 Å². The van der Waals surface area contributed by atoms with Crippen molar-refractivity contribution in [3.8, 4) is 0 Å². The number of piperazine rings is 1. The molecule has 7 heteroatoms. The summed E-state index contributed by atoms with van der Waals surface area (Å²) in [5, 5.41) is 0. The first-order chi connectivity index (χ1) is 11.0. The molecule has 2 saturated heterocycles. The number of benzene rings is 1. The lowest BCUT2D eigenvalue weighted by molar-refractivity contribution is -0.141. The Morgan fingerprint density at radius 3 is 2.57 bits per heavy atom. The van der Waals surface area contributed by atoms with Gasteiger partial charge in [-0.05, 0) is 5.56 Å². The van der Waals surface area contributed by atoms with Gasteiger partial charge >= 0.3 is 0 Å². The van der Waals surface area contributed by atoms with E-state index in [9.17, 15) is 13.2 Å². The quantitative estimate of drug-likeness (QED) is 0.781. The van der Waals surface area contributed by atoms with Gasteiger partial charge in [0.2, 0.25) is 5.91 Å². The maximum atomic E-state index is 12.2. The zero-order valence-electron chi connectivity index (χ0n) is 13.2. The summed E-state index contributed by atoms with van der Waals surface area (Å²) in [6.45, 7) is 1.94. The highest BCUT2D eigenvalue weighted by atomic mass is 32.2. The van der Waals surface area contributed by atoms with Crippen molar-refractivity contribution in [1.29, 1.82) is 0 Å². The molecule has 2 fully saturated rings. The highest BCUT2D eigenvalue weighted by Gasteiger charge is 2.47. The molecule has 23 heavy (non-hydrogen) atoms. The molecule has 1 aromatic carbocycles. The average molecular weight is 338 g/mol. The average Bonchev–Trinajstić information content (AvgIpc) is 2.84. The van der Waals surface area contributed by atoms with Gasteiger partial charge in [0.25, 0.3) is 0 Å². The largest absolute Gasteiger partial charge is 0.375 e. The number of hydrogen-bond donors (Lipinski definition) is 0. The number of nitrogens with zero attached hydrogens (tertiary/aromatic N) is 2. The molecule has 0 aromatic heterocycles. The monoisotopic (exact) mass is 338 g/mol. The van der Waals surface area contributed by atoms with E-state index in [-0.39, 0.29) is 36.1 Å². The van der Waals surface area contributed by atoms with Crippen LogP contribution in [0.3, 0.4) is 0 Å². The normalized spacial score (nSPS) is 26.9. The first kappa shape index (κ1) is 16.4. The van der Waals surface area contributed by atoms with Crippen LogP contribution in [0.4, 0.5) is 0 Å². The van der Waals surface area contributed by atoms with Gasteiger partial charge in [0.1, 0.15) is 6.61 Å². The molecule has 6 nitrogen and oxygen atoms in total. The molecule has 1 aromatic rings. The molecule has 1 amide bonds. The molecule has 0 bridgehead atoms. The second-order valence-corrected chi connectivity index (χ2v) is 8.34. The standard InChI is InChI=1S/C16H22N2O4S/c1-22-10-16(19)18-8-7-17(9-13-5-3-2-4-6-13)14-11-23(20,21)12-15(14)18/h2-6,14-15H,7-12H2,1H3/t14-,15+/m1/s1. The van der Waals surface area contributed by atoms with Crippen molar-refractivity contribution in [2.24, 2.45) is 0 Å². The predicted octanol–water partition coefficient (Wildman–Crippen LogP) is 0.143. The third kappa shape index (κ3) is 3.57. The van der Waals surface area contributed by atoms with Crippen molar-refractivity contribution in [3.05, 3.63) is 35.9 Å². The Balaban J connectivity index is 1.79. The van der Waals surface area contributed by atoms with Crippen molar-refractivity contribution in [2.75, 3.05) is 38.3 Å². The van der Waals surface area contributed by atoms with Crippen LogP contribution < -0.4 is 0 Å². The van der Waals surface area contributed by atoms with Gasteiger partial charge < -0.3 is 9.64 Å². The number of fused-ring (bicyclic) bond motifs is 1. The molecular weight excluding hydrogens is 316 g/mol. The minimum Gasteiger partial charge on any atom is -0.375 e. The van der Waals surface area contributed by atoms with E-state index in [1.54, 1.807) is 4.90 Å². The topological polar surface area (TPSA) is 66.9 Å². The highest BCUT2D eigenvalue weighted by molar-refractivity contribution is 7.91. The number of carbonyl (C=O) groups excluding carboxylic acids is 1. The third-order valence-corrected chi connectivity index (χ3v) is 6.31. The molecule has 0 N–H and O–H groups in total. The van der Waals surface area contributed by atoms with Crippen molar-refractivity contribution in [3.63, 3.8) is 0 Å². The fourth-order valence-electron chi connectivity index (χ4n) is 3.56. The van der Waals surface area contributed by atoms with E-state index in [1.165, 1.54) is 7.11 Å². The SMILES string of the molecule is COCC(=O)N1CCN(Cc2ccccc2)[C@@H]2CS(=O)(=O)C[C@@H]21. The van der Waals surface area contributed by atoms with E-state index in [1.807, 2.05) is 30.3 Å². The van der Waals surface area contributed by atoms with Crippen LogP contribution in [0.2, 0.25) is 0 Å². The second kappa shape index (κ2) is 6.59. The van der Waals surface area contributed by atoms with E-state index < -0.39 is 9.84 Å². The molecule has 0 spiro atoms. The van der Waals surface area contributed by atoms with Crippen molar-refractivity contribution >= 4 is 15.7 Å². The van der Waals surface area contributed by atoms with E-state index in [0.717, 1.165) is 5.56 Å². The summed E-state index contributed by atoms with van der Waals surface area (Å²) in [7, 11) is -1.63. The Labute approximate surface area is 136 Å². The molecule has 2 atom stereocenters. The van der Waals surface area contributed by atoms with Crippen LogP contribution >= 0.6 is 0 Å².